The molecule has 1 atom stereocenters. The van der Waals surface area contributed by atoms with E-state index in [4.69, 9.17) is 0 Å². The van der Waals surface area contributed by atoms with Crippen LogP contribution in [0.5, 0.6) is 0 Å². The van der Waals surface area contributed by atoms with Crippen molar-refractivity contribution in [2.75, 3.05) is 18.4 Å². The molecule has 2 rings (SSSR count). The van der Waals surface area contributed by atoms with Crippen LogP contribution in [0, 0.1) is 5.92 Å². The number of rotatable bonds is 4. The average Bonchev–Trinajstić information content (AvgIpc) is 2.54. The molecule has 1 aromatic rings. The molecular weight excluding hydrogens is 276 g/mol. The first-order valence-corrected chi connectivity index (χ1v) is 8.40. The Morgan fingerprint density at radius 2 is 1.91 bits per heavy atom. The van der Waals surface area contributed by atoms with Crippen molar-refractivity contribution in [3.8, 4) is 0 Å². The molecule has 0 spiro atoms. The Morgan fingerprint density at radius 3 is 2.45 bits per heavy atom. The normalized spacial score (nSPS) is 17.4. The molecular formula is C18H28N2O2. The zero-order valence-electron chi connectivity index (χ0n) is 13.9. The van der Waals surface area contributed by atoms with Crippen molar-refractivity contribution in [1.29, 1.82) is 0 Å². The number of nitrogens with one attached hydrogen (secondary N) is 1. The van der Waals surface area contributed by atoms with Crippen LogP contribution >= 0.6 is 0 Å². The lowest BCUT2D eigenvalue weighted by molar-refractivity contribution is 0.0820. The number of piperidine rings is 1. The molecule has 0 aliphatic carbocycles. The SMILES string of the molecule is CCc1ccc(NC(=O)N2CCC(C(C)O)CC2)cc1CC. The second-order valence-electron chi connectivity index (χ2n) is 6.19. The highest BCUT2D eigenvalue weighted by Gasteiger charge is 2.25. The van der Waals surface area contributed by atoms with Crippen LogP contribution < -0.4 is 5.32 Å². The molecule has 1 aliphatic rings. The van der Waals surface area contributed by atoms with Gasteiger partial charge in [0.2, 0.25) is 0 Å². The third kappa shape index (κ3) is 4.01. The minimum Gasteiger partial charge on any atom is -0.393 e. The number of aryl methyl sites for hydroxylation is 2. The number of hydrogen-bond donors (Lipinski definition) is 2. The van der Waals surface area contributed by atoms with Crippen molar-refractivity contribution < 1.29 is 9.90 Å². The van der Waals surface area contributed by atoms with E-state index in [1.165, 1.54) is 11.1 Å². The Kier molecular flexibility index (Phi) is 5.83. The molecule has 1 unspecified atom stereocenters. The molecule has 1 heterocycles. The van der Waals surface area contributed by atoms with E-state index < -0.39 is 0 Å². The van der Waals surface area contributed by atoms with Crippen LogP contribution in [0.3, 0.4) is 0 Å². The highest BCUT2D eigenvalue weighted by molar-refractivity contribution is 5.89. The van der Waals surface area contributed by atoms with Gasteiger partial charge in [-0.05, 0) is 61.8 Å². The van der Waals surface area contributed by atoms with Gasteiger partial charge in [-0.15, -0.1) is 0 Å². The zero-order chi connectivity index (χ0) is 16.1. The molecule has 4 nitrogen and oxygen atoms in total. The Morgan fingerprint density at radius 1 is 1.27 bits per heavy atom. The molecule has 22 heavy (non-hydrogen) atoms. The van der Waals surface area contributed by atoms with Crippen molar-refractivity contribution >= 4 is 11.7 Å². The van der Waals surface area contributed by atoms with Crippen LogP contribution in [0.1, 0.15) is 44.7 Å². The summed E-state index contributed by atoms with van der Waals surface area (Å²) in [6, 6.07) is 6.14. The van der Waals surface area contributed by atoms with Gasteiger partial charge < -0.3 is 15.3 Å². The number of likely N-dealkylation sites (tertiary alicyclic amines) is 1. The number of carbonyl (C=O) groups is 1. The topological polar surface area (TPSA) is 52.6 Å². The molecule has 1 aromatic carbocycles. The van der Waals surface area contributed by atoms with Gasteiger partial charge in [0.05, 0.1) is 6.10 Å². The largest absolute Gasteiger partial charge is 0.393 e. The number of aliphatic hydroxyl groups excluding tert-OH is 1. The lowest BCUT2D eigenvalue weighted by Crippen LogP contribution is -2.42. The lowest BCUT2D eigenvalue weighted by atomic mass is 9.92. The third-order valence-corrected chi connectivity index (χ3v) is 4.73. The minimum atomic E-state index is -0.279. The van der Waals surface area contributed by atoms with E-state index >= 15 is 0 Å². The van der Waals surface area contributed by atoms with Gasteiger partial charge in [-0.1, -0.05) is 19.9 Å². The third-order valence-electron chi connectivity index (χ3n) is 4.73. The molecule has 0 saturated carbocycles. The molecule has 2 N–H and O–H groups in total. The number of urea groups is 1. The van der Waals surface area contributed by atoms with Crippen LogP contribution in [0.15, 0.2) is 18.2 Å². The number of carbonyl (C=O) groups excluding carboxylic acids is 1. The first-order valence-electron chi connectivity index (χ1n) is 8.40. The molecule has 1 aliphatic heterocycles. The summed E-state index contributed by atoms with van der Waals surface area (Å²) in [6.45, 7) is 7.56. The molecule has 122 valence electrons. The van der Waals surface area contributed by atoms with E-state index in [2.05, 4.69) is 31.3 Å². The second-order valence-corrected chi connectivity index (χ2v) is 6.19. The maximum Gasteiger partial charge on any atom is 0.321 e. The standard InChI is InChI=1S/C18H28N2O2/c1-4-14-6-7-17(12-15(14)5-2)19-18(22)20-10-8-16(9-11-20)13(3)21/h6-7,12-13,16,21H,4-5,8-11H2,1-3H3,(H,19,22). The summed E-state index contributed by atoms with van der Waals surface area (Å²) in [5.41, 5.74) is 3.52. The van der Waals surface area contributed by atoms with Crippen molar-refractivity contribution in [3.05, 3.63) is 29.3 Å². The first-order chi connectivity index (χ1) is 10.5. The number of nitrogens with zero attached hydrogens (tertiary/aromatic N) is 1. The van der Waals surface area contributed by atoms with Gasteiger partial charge in [-0.2, -0.15) is 0 Å². The highest BCUT2D eigenvalue weighted by atomic mass is 16.3. The quantitative estimate of drug-likeness (QED) is 0.895. The second kappa shape index (κ2) is 7.63. The summed E-state index contributed by atoms with van der Waals surface area (Å²) in [5.74, 6) is 0.319. The highest BCUT2D eigenvalue weighted by Crippen LogP contribution is 2.22. The fraction of sp³-hybridized carbons (Fsp3) is 0.611. The fourth-order valence-electron chi connectivity index (χ4n) is 3.17. The number of benzene rings is 1. The molecule has 2 amide bonds. The molecule has 0 aromatic heterocycles. The van der Waals surface area contributed by atoms with Crippen LogP contribution in [0.25, 0.3) is 0 Å². The van der Waals surface area contributed by atoms with Gasteiger partial charge in [0, 0.05) is 18.8 Å². The van der Waals surface area contributed by atoms with Crippen LogP contribution in [-0.4, -0.2) is 35.2 Å². The fourth-order valence-corrected chi connectivity index (χ4v) is 3.17. The Balaban J connectivity index is 1.95. The summed E-state index contributed by atoms with van der Waals surface area (Å²) in [5, 5.41) is 12.6. The van der Waals surface area contributed by atoms with Gasteiger partial charge in [-0.3, -0.25) is 0 Å². The van der Waals surface area contributed by atoms with Gasteiger partial charge >= 0.3 is 6.03 Å². The van der Waals surface area contributed by atoms with E-state index in [1.54, 1.807) is 0 Å². The summed E-state index contributed by atoms with van der Waals surface area (Å²) in [7, 11) is 0. The number of aliphatic hydroxyl groups is 1. The molecule has 4 heteroatoms. The van der Waals surface area contributed by atoms with Gasteiger partial charge in [0.25, 0.3) is 0 Å². The zero-order valence-corrected chi connectivity index (χ0v) is 13.9. The summed E-state index contributed by atoms with van der Waals surface area (Å²) >= 11 is 0. The monoisotopic (exact) mass is 304 g/mol. The Bertz CT molecular complexity index is 506. The first kappa shape index (κ1) is 16.8. The lowest BCUT2D eigenvalue weighted by Gasteiger charge is -2.33. The van der Waals surface area contributed by atoms with Crippen molar-refractivity contribution in [1.82, 2.24) is 4.90 Å². The molecule has 0 radical (unpaired) electrons. The van der Waals surface area contributed by atoms with Gasteiger partial charge in [0.1, 0.15) is 0 Å². The average molecular weight is 304 g/mol. The molecule has 0 bridgehead atoms. The van der Waals surface area contributed by atoms with Crippen LogP contribution in [0.4, 0.5) is 10.5 Å². The maximum atomic E-state index is 12.4. The van der Waals surface area contributed by atoms with E-state index in [1.807, 2.05) is 17.9 Å². The smallest absolute Gasteiger partial charge is 0.321 e. The number of anilines is 1. The number of amides is 2. The predicted octanol–water partition coefficient (Wildman–Crippen LogP) is 3.44. The summed E-state index contributed by atoms with van der Waals surface area (Å²) in [6.07, 6.45) is 3.47. The van der Waals surface area contributed by atoms with E-state index in [9.17, 15) is 9.90 Å². The minimum absolute atomic E-state index is 0.0321. The van der Waals surface area contributed by atoms with E-state index in [-0.39, 0.29) is 12.1 Å². The van der Waals surface area contributed by atoms with Gasteiger partial charge in [-0.25, -0.2) is 4.79 Å². The van der Waals surface area contributed by atoms with Crippen LogP contribution in [-0.2, 0) is 12.8 Å². The molecule has 1 fully saturated rings. The van der Waals surface area contributed by atoms with Gasteiger partial charge in [0.15, 0.2) is 0 Å². The van der Waals surface area contributed by atoms with E-state index in [0.717, 1.165) is 44.5 Å². The molecule has 1 saturated heterocycles. The van der Waals surface area contributed by atoms with Crippen LogP contribution in [0.2, 0.25) is 0 Å². The summed E-state index contributed by atoms with van der Waals surface area (Å²) < 4.78 is 0. The Hall–Kier alpha value is -1.55. The van der Waals surface area contributed by atoms with E-state index in [0.29, 0.717) is 5.92 Å². The van der Waals surface area contributed by atoms with Crippen molar-refractivity contribution in [2.45, 2.75) is 52.6 Å². The Labute approximate surface area is 133 Å². The van der Waals surface area contributed by atoms with Crippen molar-refractivity contribution in [2.24, 2.45) is 5.92 Å². The summed E-state index contributed by atoms with van der Waals surface area (Å²) in [4.78, 5) is 14.2. The van der Waals surface area contributed by atoms with Crippen molar-refractivity contribution in [3.63, 3.8) is 0 Å². The maximum absolute atomic E-state index is 12.4. The predicted molar refractivity (Wildman–Crippen MR) is 90.2 cm³/mol. The number of hydrogen-bond acceptors (Lipinski definition) is 2.